The van der Waals surface area contributed by atoms with Gasteiger partial charge in [0.05, 0.1) is 26.8 Å². The predicted molar refractivity (Wildman–Crippen MR) is 121 cm³/mol. The summed E-state index contributed by atoms with van der Waals surface area (Å²) in [6.07, 6.45) is 3.24. The van der Waals surface area contributed by atoms with Crippen molar-refractivity contribution in [3.05, 3.63) is 61.4 Å². The lowest BCUT2D eigenvalue weighted by Gasteiger charge is -2.32. The highest BCUT2D eigenvalue weighted by molar-refractivity contribution is 6.37. The smallest absolute Gasteiger partial charge is 0.333 e. The Kier molecular flexibility index (Phi) is 5.86. The Bertz CT molecular complexity index is 1200. The summed E-state index contributed by atoms with van der Waals surface area (Å²) in [7, 11) is 2.06. The van der Waals surface area contributed by atoms with Crippen molar-refractivity contribution in [2.75, 3.05) is 13.6 Å². The summed E-state index contributed by atoms with van der Waals surface area (Å²) in [6, 6.07) is 8.22. The number of carbonyl (C=O) groups is 1. The number of carbonyl (C=O) groups excluding carboxylic acids is 1. The molecule has 0 aliphatic carbocycles. The van der Waals surface area contributed by atoms with Gasteiger partial charge in [0.1, 0.15) is 0 Å². The normalized spacial score (nSPS) is 17.5. The molecule has 4 rings (SSSR count). The van der Waals surface area contributed by atoms with Gasteiger partial charge >= 0.3 is 5.69 Å². The van der Waals surface area contributed by atoms with E-state index < -0.39 is 5.91 Å². The van der Waals surface area contributed by atoms with Gasteiger partial charge in [0.25, 0.3) is 0 Å². The fourth-order valence-electron chi connectivity index (χ4n) is 4.12. The second-order valence-corrected chi connectivity index (χ2v) is 8.90. The Hall–Kier alpha value is -1.99. The molecule has 6 nitrogen and oxygen atoms in total. The Balaban J connectivity index is 1.99. The molecule has 9 heteroatoms. The van der Waals surface area contributed by atoms with Crippen molar-refractivity contribution in [1.29, 1.82) is 0 Å². The van der Waals surface area contributed by atoms with Crippen molar-refractivity contribution in [3.8, 4) is 5.69 Å². The molecule has 1 amide bonds. The van der Waals surface area contributed by atoms with E-state index in [9.17, 15) is 9.59 Å². The number of nitrogens with zero attached hydrogens (tertiary/aromatic N) is 3. The van der Waals surface area contributed by atoms with E-state index in [1.165, 1.54) is 10.6 Å². The SMILES string of the molecule is CN1CCCCC1Cn1c(=O)n(-c2ccc(Cl)cc2Cl)c2c(Cl)cc(C(N)=O)cc21. The van der Waals surface area contributed by atoms with Crippen molar-refractivity contribution < 1.29 is 4.79 Å². The summed E-state index contributed by atoms with van der Waals surface area (Å²) >= 11 is 19.0. The van der Waals surface area contributed by atoms with Crippen LogP contribution in [0, 0.1) is 0 Å². The van der Waals surface area contributed by atoms with Gasteiger partial charge in [0.15, 0.2) is 0 Å². The van der Waals surface area contributed by atoms with Crippen molar-refractivity contribution >= 4 is 51.7 Å². The summed E-state index contributed by atoms with van der Waals surface area (Å²) in [4.78, 5) is 27.7. The first kappa shape index (κ1) is 21.2. The fraction of sp³-hybridized carbons (Fsp3) is 0.333. The molecule has 1 fully saturated rings. The van der Waals surface area contributed by atoms with Crippen LogP contribution >= 0.6 is 34.8 Å². The number of primary amides is 1. The fourth-order valence-corrected chi connectivity index (χ4v) is 4.91. The third kappa shape index (κ3) is 3.73. The van der Waals surface area contributed by atoms with Crippen LogP contribution in [0.1, 0.15) is 29.6 Å². The molecule has 1 unspecified atom stereocenters. The van der Waals surface area contributed by atoms with Crippen LogP contribution in [0.3, 0.4) is 0 Å². The lowest BCUT2D eigenvalue weighted by molar-refractivity contribution is 0.100. The van der Waals surface area contributed by atoms with Crippen molar-refractivity contribution in [1.82, 2.24) is 14.0 Å². The minimum Gasteiger partial charge on any atom is -0.366 e. The van der Waals surface area contributed by atoms with Gasteiger partial charge in [-0.2, -0.15) is 0 Å². The van der Waals surface area contributed by atoms with Gasteiger partial charge in [0, 0.05) is 23.2 Å². The summed E-state index contributed by atoms with van der Waals surface area (Å²) < 4.78 is 3.13. The van der Waals surface area contributed by atoms with Gasteiger partial charge in [-0.05, 0) is 56.8 Å². The molecule has 1 aromatic heterocycles. The van der Waals surface area contributed by atoms with E-state index in [1.807, 2.05) is 0 Å². The van der Waals surface area contributed by atoms with Crippen LogP contribution in [-0.2, 0) is 6.54 Å². The second-order valence-electron chi connectivity index (χ2n) is 7.64. The minimum absolute atomic E-state index is 0.201. The largest absolute Gasteiger partial charge is 0.366 e. The molecule has 2 N–H and O–H groups in total. The number of hydrogen-bond acceptors (Lipinski definition) is 3. The molecule has 1 saturated heterocycles. The van der Waals surface area contributed by atoms with E-state index in [4.69, 9.17) is 40.5 Å². The van der Waals surface area contributed by atoms with E-state index >= 15 is 0 Å². The third-order valence-electron chi connectivity index (χ3n) is 5.73. The molecule has 158 valence electrons. The van der Waals surface area contributed by atoms with Crippen LogP contribution in [0.2, 0.25) is 15.1 Å². The first-order valence-corrected chi connectivity index (χ1v) is 10.8. The van der Waals surface area contributed by atoms with Gasteiger partial charge in [-0.1, -0.05) is 41.2 Å². The monoisotopic (exact) mass is 466 g/mol. The minimum atomic E-state index is -0.607. The number of benzene rings is 2. The number of halogens is 3. The standard InChI is InChI=1S/C21H21Cl3N4O2/c1-26-7-3-2-4-14(26)11-27-18-9-12(20(25)29)8-16(24)19(18)28(21(27)30)17-6-5-13(22)10-15(17)23/h5-6,8-10,14H,2-4,7,11H2,1H3,(H2,25,29). The highest BCUT2D eigenvalue weighted by Gasteiger charge is 2.25. The van der Waals surface area contributed by atoms with Gasteiger partial charge in [-0.15, -0.1) is 0 Å². The quantitative estimate of drug-likeness (QED) is 0.620. The highest BCUT2D eigenvalue weighted by atomic mass is 35.5. The predicted octanol–water partition coefficient (Wildman–Crippen LogP) is 4.34. The Morgan fingerprint density at radius 2 is 1.90 bits per heavy atom. The average Bonchev–Trinajstić information content (AvgIpc) is 2.96. The maximum absolute atomic E-state index is 13.6. The van der Waals surface area contributed by atoms with Crippen LogP contribution < -0.4 is 11.4 Å². The molecule has 1 aliphatic rings. The van der Waals surface area contributed by atoms with Crippen molar-refractivity contribution in [3.63, 3.8) is 0 Å². The van der Waals surface area contributed by atoms with Crippen LogP contribution in [-0.4, -0.2) is 39.6 Å². The van der Waals surface area contributed by atoms with E-state index in [2.05, 4.69) is 11.9 Å². The molecular weight excluding hydrogens is 447 g/mol. The lowest BCUT2D eigenvalue weighted by atomic mass is 10.0. The van der Waals surface area contributed by atoms with E-state index in [1.54, 1.807) is 28.8 Å². The summed E-state index contributed by atoms with van der Waals surface area (Å²) in [5.74, 6) is -0.607. The van der Waals surface area contributed by atoms with Crippen LogP contribution in [0.25, 0.3) is 16.7 Å². The van der Waals surface area contributed by atoms with Crippen molar-refractivity contribution in [2.45, 2.75) is 31.8 Å². The first-order chi connectivity index (χ1) is 14.3. The molecule has 1 aliphatic heterocycles. The number of aromatic nitrogens is 2. The Morgan fingerprint density at radius 1 is 1.13 bits per heavy atom. The van der Waals surface area contributed by atoms with E-state index in [-0.39, 0.29) is 22.3 Å². The Labute approximate surface area is 188 Å². The van der Waals surface area contributed by atoms with E-state index in [0.29, 0.717) is 33.3 Å². The maximum atomic E-state index is 13.6. The van der Waals surface area contributed by atoms with Gasteiger partial charge in [0.2, 0.25) is 5.91 Å². The van der Waals surface area contributed by atoms with Gasteiger partial charge in [-0.3, -0.25) is 13.9 Å². The lowest BCUT2D eigenvalue weighted by Crippen LogP contribution is -2.41. The van der Waals surface area contributed by atoms with Crippen LogP contribution in [0.5, 0.6) is 0 Å². The molecule has 2 heterocycles. The van der Waals surface area contributed by atoms with E-state index in [0.717, 1.165) is 25.8 Å². The summed E-state index contributed by atoms with van der Waals surface area (Å²) in [6.45, 7) is 1.46. The van der Waals surface area contributed by atoms with Gasteiger partial charge < -0.3 is 10.6 Å². The van der Waals surface area contributed by atoms with Crippen molar-refractivity contribution in [2.24, 2.45) is 5.73 Å². The number of fused-ring (bicyclic) bond motifs is 1. The summed E-state index contributed by atoms with van der Waals surface area (Å²) in [5, 5.41) is 1.04. The molecular formula is C21H21Cl3N4O2. The average molecular weight is 468 g/mol. The second kappa shape index (κ2) is 8.27. The Morgan fingerprint density at radius 3 is 2.57 bits per heavy atom. The maximum Gasteiger partial charge on any atom is 0.333 e. The number of amides is 1. The number of piperidine rings is 1. The first-order valence-electron chi connectivity index (χ1n) is 9.68. The number of rotatable bonds is 4. The molecule has 1 atom stereocenters. The molecule has 2 aromatic carbocycles. The summed E-state index contributed by atoms with van der Waals surface area (Å²) in [5.41, 5.74) is 6.96. The van der Waals surface area contributed by atoms with Crippen LogP contribution in [0.15, 0.2) is 35.1 Å². The third-order valence-corrected chi connectivity index (χ3v) is 6.56. The molecule has 0 bridgehead atoms. The number of imidazole rings is 1. The topological polar surface area (TPSA) is 73.3 Å². The molecule has 0 radical (unpaired) electrons. The number of likely N-dealkylation sites (N-methyl/N-ethyl adjacent to an activating group) is 1. The highest BCUT2D eigenvalue weighted by Crippen LogP contribution is 2.31. The van der Waals surface area contributed by atoms with Crippen LogP contribution in [0.4, 0.5) is 0 Å². The zero-order valence-corrected chi connectivity index (χ0v) is 18.6. The zero-order chi connectivity index (χ0) is 21.6. The van der Waals surface area contributed by atoms with Gasteiger partial charge in [-0.25, -0.2) is 4.79 Å². The number of nitrogens with two attached hydrogens (primary N) is 1. The molecule has 0 spiro atoms. The number of hydrogen-bond donors (Lipinski definition) is 1. The molecule has 30 heavy (non-hydrogen) atoms. The number of likely N-dealkylation sites (tertiary alicyclic amines) is 1. The zero-order valence-electron chi connectivity index (χ0n) is 16.4. The molecule has 3 aromatic rings. The molecule has 0 saturated carbocycles.